The van der Waals surface area contributed by atoms with E-state index in [9.17, 15) is 5.11 Å². The maximum Gasteiger partial charge on any atom is 0.137 e. The van der Waals surface area contributed by atoms with Gasteiger partial charge in [-0.15, -0.1) is 0 Å². The van der Waals surface area contributed by atoms with Crippen molar-refractivity contribution in [3.05, 3.63) is 29.8 Å². The average molecular weight is 322 g/mol. The van der Waals surface area contributed by atoms with Crippen molar-refractivity contribution in [3.8, 4) is 5.75 Å². The van der Waals surface area contributed by atoms with E-state index in [2.05, 4.69) is 39.8 Å². The number of nitrogens with one attached hydrogen (secondary N) is 2. The molecule has 4 heteroatoms. The summed E-state index contributed by atoms with van der Waals surface area (Å²) in [4.78, 5) is 3.18. The molecule has 0 spiro atoms. The van der Waals surface area contributed by atoms with Gasteiger partial charge >= 0.3 is 0 Å². The highest BCUT2D eigenvalue weighted by atomic mass is 16.5. The quantitative estimate of drug-likeness (QED) is 0.662. The number of aliphatic hydroxyl groups is 1. The van der Waals surface area contributed by atoms with E-state index in [1.54, 1.807) is 4.90 Å². The number of aliphatic hydroxyl groups excluding tert-OH is 1. The van der Waals surface area contributed by atoms with Crippen LogP contribution >= 0.6 is 0 Å². The fourth-order valence-corrected chi connectivity index (χ4v) is 3.15. The Morgan fingerprint density at radius 1 is 1.04 bits per heavy atom. The minimum absolute atomic E-state index is 0.157. The first-order valence-corrected chi connectivity index (χ1v) is 8.97. The van der Waals surface area contributed by atoms with E-state index in [1.165, 1.54) is 30.1 Å². The van der Waals surface area contributed by atoms with Crippen LogP contribution in [-0.2, 0) is 5.41 Å². The number of ether oxygens (including phenoxy) is 1. The number of rotatable bonds is 6. The molecule has 23 heavy (non-hydrogen) atoms. The summed E-state index contributed by atoms with van der Waals surface area (Å²) >= 11 is 0. The predicted molar refractivity (Wildman–Crippen MR) is 93.4 cm³/mol. The second kappa shape index (κ2) is 8.13. The summed E-state index contributed by atoms with van der Waals surface area (Å²) in [6.45, 7) is 16.0. The van der Waals surface area contributed by atoms with Crippen LogP contribution in [0.4, 0.5) is 0 Å². The van der Waals surface area contributed by atoms with Crippen molar-refractivity contribution in [2.45, 2.75) is 39.2 Å². The standard InChI is InChI=1S/C19H32N2O2/c1-5-20-10-12-21(13-11-20)14-17(22)15-23-18-8-6-16(7-9-18)19(2,3)4/h6-9,17,22H,5,10-15H2,1-4H3/p+2. The van der Waals surface area contributed by atoms with Crippen LogP contribution in [0.3, 0.4) is 0 Å². The molecule has 3 N–H and O–H groups in total. The third-order valence-corrected chi connectivity index (χ3v) is 4.85. The van der Waals surface area contributed by atoms with E-state index in [-0.39, 0.29) is 5.41 Å². The minimum Gasteiger partial charge on any atom is -0.491 e. The number of benzene rings is 1. The van der Waals surface area contributed by atoms with Crippen molar-refractivity contribution in [3.63, 3.8) is 0 Å². The lowest BCUT2D eigenvalue weighted by molar-refractivity contribution is -1.01. The first-order valence-electron chi connectivity index (χ1n) is 8.97. The van der Waals surface area contributed by atoms with E-state index < -0.39 is 6.10 Å². The van der Waals surface area contributed by atoms with Crippen molar-refractivity contribution in [1.82, 2.24) is 0 Å². The average Bonchev–Trinajstić information content (AvgIpc) is 2.53. The molecule has 4 nitrogen and oxygen atoms in total. The highest BCUT2D eigenvalue weighted by Crippen LogP contribution is 2.24. The number of likely N-dealkylation sites (N-methyl/N-ethyl adjacent to an activating group) is 1. The van der Waals surface area contributed by atoms with Gasteiger partial charge in [-0.05, 0) is 30.0 Å². The second-order valence-electron chi connectivity index (χ2n) is 7.80. The molecule has 0 aliphatic carbocycles. The number of hydrogen-bond acceptors (Lipinski definition) is 2. The van der Waals surface area contributed by atoms with Crippen LogP contribution < -0.4 is 14.5 Å². The Balaban J connectivity index is 1.73. The van der Waals surface area contributed by atoms with Gasteiger partial charge in [0.25, 0.3) is 0 Å². The Morgan fingerprint density at radius 3 is 2.13 bits per heavy atom. The SMILES string of the molecule is CC[NH+]1CC[NH+](CC(O)COc2ccc(C(C)(C)C)cc2)CC1. The van der Waals surface area contributed by atoms with Gasteiger partial charge in [0, 0.05) is 0 Å². The van der Waals surface area contributed by atoms with Crippen LogP contribution in [0.15, 0.2) is 24.3 Å². The minimum atomic E-state index is -0.393. The lowest BCUT2D eigenvalue weighted by Crippen LogP contribution is -3.28. The van der Waals surface area contributed by atoms with E-state index >= 15 is 0 Å². The fourth-order valence-electron chi connectivity index (χ4n) is 3.15. The highest BCUT2D eigenvalue weighted by molar-refractivity contribution is 5.31. The molecule has 0 amide bonds. The summed E-state index contributed by atoms with van der Waals surface area (Å²) < 4.78 is 5.75. The van der Waals surface area contributed by atoms with Gasteiger partial charge in [-0.3, -0.25) is 0 Å². The van der Waals surface area contributed by atoms with E-state index in [0.29, 0.717) is 6.61 Å². The molecule has 0 radical (unpaired) electrons. The van der Waals surface area contributed by atoms with Crippen molar-refractivity contribution >= 4 is 0 Å². The number of quaternary nitrogens is 2. The molecule has 0 saturated carbocycles. The Bertz CT molecular complexity index is 459. The lowest BCUT2D eigenvalue weighted by Gasteiger charge is -2.30. The molecule has 130 valence electrons. The molecule has 1 atom stereocenters. The van der Waals surface area contributed by atoms with Gasteiger partial charge in [0.05, 0.1) is 6.54 Å². The molecular weight excluding hydrogens is 288 g/mol. The van der Waals surface area contributed by atoms with Crippen molar-refractivity contribution < 1.29 is 19.6 Å². The zero-order valence-electron chi connectivity index (χ0n) is 15.2. The van der Waals surface area contributed by atoms with Crippen molar-refractivity contribution in [2.75, 3.05) is 45.9 Å². The lowest BCUT2D eigenvalue weighted by atomic mass is 9.87. The normalized spacial score (nSPS) is 23.5. The highest BCUT2D eigenvalue weighted by Gasteiger charge is 2.24. The summed E-state index contributed by atoms with van der Waals surface area (Å²) in [7, 11) is 0. The monoisotopic (exact) mass is 322 g/mol. The van der Waals surface area contributed by atoms with Crippen LogP contribution in [0.25, 0.3) is 0 Å². The molecule has 2 rings (SSSR count). The van der Waals surface area contributed by atoms with Crippen LogP contribution in [-0.4, -0.2) is 57.1 Å². The molecule has 1 unspecified atom stereocenters. The molecule has 0 bridgehead atoms. The van der Waals surface area contributed by atoms with E-state index in [0.717, 1.165) is 25.4 Å². The first kappa shape index (κ1) is 18.2. The van der Waals surface area contributed by atoms with Crippen LogP contribution in [0, 0.1) is 0 Å². The smallest absolute Gasteiger partial charge is 0.137 e. The maximum absolute atomic E-state index is 10.2. The Kier molecular flexibility index (Phi) is 6.45. The van der Waals surface area contributed by atoms with Crippen LogP contribution in [0.5, 0.6) is 5.75 Å². The summed E-state index contributed by atoms with van der Waals surface area (Å²) in [5, 5.41) is 10.2. The van der Waals surface area contributed by atoms with Gasteiger partial charge in [-0.1, -0.05) is 32.9 Å². The zero-order chi connectivity index (χ0) is 16.9. The Morgan fingerprint density at radius 2 is 1.61 bits per heavy atom. The molecule has 1 fully saturated rings. The molecule has 1 aromatic rings. The van der Waals surface area contributed by atoms with Crippen LogP contribution in [0.1, 0.15) is 33.3 Å². The number of piperazine rings is 1. The molecular formula is C19H34N2O2+2. The maximum atomic E-state index is 10.2. The largest absolute Gasteiger partial charge is 0.491 e. The molecule has 1 heterocycles. The summed E-state index contributed by atoms with van der Waals surface area (Å²) in [6.07, 6.45) is -0.393. The van der Waals surface area contributed by atoms with Crippen LogP contribution in [0.2, 0.25) is 0 Å². The van der Waals surface area contributed by atoms with Crippen molar-refractivity contribution in [2.24, 2.45) is 0 Å². The van der Waals surface area contributed by atoms with Gasteiger partial charge in [-0.25, -0.2) is 0 Å². The van der Waals surface area contributed by atoms with Gasteiger partial charge in [0.15, 0.2) is 0 Å². The molecule has 1 aliphatic heterocycles. The Hall–Kier alpha value is -1.10. The first-order chi connectivity index (χ1) is 10.9. The van der Waals surface area contributed by atoms with Gasteiger partial charge < -0.3 is 19.6 Å². The molecule has 1 aromatic carbocycles. The van der Waals surface area contributed by atoms with E-state index in [4.69, 9.17) is 4.74 Å². The number of hydrogen-bond donors (Lipinski definition) is 3. The zero-order valence-corrected chi connectivity index (χ0v) is 15.2. The second-order valence-corrected chi connectivity index (χ2v) is 7.80. The molecule has 1 saturated heterocycles. The molecule has 0 aromatic heterocycles. The fraction of sp³-hybridized carbons (Fsp3) is 0.684. The molecule has 1 aliphatic rings. The third kappa shape index (κ3) is 5.79. The summed E-state index contributed by atoms with van der Waals surface area (Å²) in [5.41, 5.74) is 1.45. The predicted octanol–water partition coefficient (Wildman–Crippen LogP) is -0.473. The van der Waals surface area contributed by atoms with E-state index in [1.807, 2.05) is 12.1 Å². The van der Waals surface area contributed by atoms with Gasteiger partial charge in [0.1, 0.15) is 51.2 Å². The third-order valence-electron chi connectivity index (χ3n) is 4.85. The van der Waals surface area contributed by atoms with Crippen molar-refractivity contribution in [1.29, 1.82) is 0 Å². The topological polar surface area (TPSA) is 38.3 Å². The Labute approximate surface area is 141 Å². The van der Waals surface area contributed by atoms with Gasteiger partial charge in [0.2, 0.25) is 0 Å². The summed E-state index contributed by atoms with van der Waals surface area (Å²) in [6, 6.07) is 8.23. The van der Waals surface area contributed by atoms with Gasteiger partial charge in [-0.2, -0.15) is 0 Å². The summed E-state index contributed by atoms with van der Waals surface area (Å²) in [5.74, 6) is 0.840.